The van der Waals surface area contributed by atoms with Crippen LogP contribution in [0.3, 0.4) is 0 Å². The maximum Gasteiger partial charge on any atom is 0.208 e. The highest BCUT2D eigenvalue weighted by atomic mass is 35.5. The van der Waals surface area contributed by atoms with Crippen molar-refractivity contribution in [3.63, 3.8) is 0 Å². The third kappa shape index (κ3) is 4.69. The molecule has 4 atom stereocenters. The topological polar surface area (TPSA) is 116 Å². The second-order valence-corrected chi connectivity index (χ2v) is 9.65. The van der Waals surface area contributed by atoms with E-state index in [9.17, 15) is 20.1 Å². The van der Waals surface area contributed by atoms with E-state index in [1.807, 2.05) is 6.92 Å². The van der Waals surface area contributed by atoms with Crippen LogP contribution in [-0.4, -0.2) is 43.2 Å². The van der Waals surface area contributed by atoms with Gasteiger partial charge in [0.25, 0.3) is 0 Å². The number of thiophene rings is 1. The summed E-state index contributed by atoms with van der Waals surface area (Å²) in [4.78, 5) is 22.4. The summed E-state index contributed by atoms with van der Waals surface area (Å²) < 4.78 is 0. The number of aromatic nitrogens is 2. The Labute approximate surface area is 194 Å². The van der Waals surface area contributed by atoms with Gasteiger partial charge in [-0.25, -0.2) is 9.97 Å². The van der Waals surface area contributed by atoms with Gasteiger partial charge < -0.3 is 20.6 Å². The first-order valence-corrected chi connectivity index (χ1v) is 11.5. The summed E-state index contributed by atoms with van der Waals surface area (Å²) in [7, 11) is 0. The fourth-order valence-corrected chi connectivity index (χ4v) is 5.25. The van der Waals surface area contributed by atoms with Crippen LogP contribution in [0, 0.1) is 5.92 Å². The fraction of sp³-hybridized carbons (Fsp3) is 0.348. The zero-order valence-corrected chi connectivity index (χ0v) is 19.0. The van der Waals surface area contributed by atoms with Crippen LogP contribution in [0.5, 0.6) is 0 Å². The molecule has 1 fully saturated rings. The van der Waals surface area contributed by atoms with Gasteiger partial charge in [-0.1, -0.05) is 30.7 Å². The van der Waals surface area contributed by atoms with Crippen LogP contribution in [0.2, 0.25) is 5.02 Å². The van der Waals surface area contributed by atoms with Crippen LogP contribution >= 0.6 is 22.9 Å². The summed E-state index contributed by atoms with van der Waals surface area (Å²) in [6.07, 6.45) is 2.78. The maximum absolute atomic E-state index is 13.3. The predicted molar refractivity (Wildman–Crippen MR) is 123 cm³/mol. The maximum atomic E-state index is 13.3. The van der Waals surface area contributed by atoms with Gasteiger partial charge in [-0.05, 0) is 42.5 Å². The van der Waals surface area contributed by atoms with E-state index >= 15 is 0 Å². The van der Waals surface area contributed by atoms with E-state index in [0.29, 0.717) is 43.7 Å². The minimum atomic E-state index is -1.03. The quantitative estimate of drug-likeness (QED) is 0.388. The molecule has 32 heavy (non-hydrogen) atoms. The van der Waals surface area contributed by atoms with Crippen LogP contribution in [0.1, 0.15) is 57.1 Å². The van der Waals surface area contributed by atoms with E-state index in [0.717, 1.165) is 17.8 Å². The molecule has 3 aromatic rings. The monoisotopic (exact) mass is 473 g/mol. The molecule has 0 bridgehead atoms. The van der Waals surface area contributed by atoms with Crippen molar-refractivity contribution in [2.24, 2.45) is 5.92 Å². The van der Waals surface area contributed by atoms with E-state index in [2.05, 4.69) is 15.3 Å². The second kappa shape index (κ2) is 9.64. The highest BCUT2D eigenvalue weighted by molar-refractivity contribution is 7.14. The lowest BCUT2D eigenvalue weighted by atomic mass is 10.0. The molecule has 1 aliphatic rings. The van der Waals surface area contributed by atoms with E-state index in [1.165, 1.54) is 12.5 Å². The van der Waals surface area contributed by atoms with E-state index in [-0.39, 0.29) is 30.5 Å². The standard InChI is InChI=1S/C23H24ClN3O4S/c1-12-5-15(7-18(12)29)27-23-17(9-25-11-26-23)22(31)19-8-16(20(10-28)32-19)21(30)13-3-2-4-14(24)6-13/h2-4,6,8-9,11-12,15,18,21,28-30H,5,7,10H2,1H3,(H,25,26,27)/t12-,15-,18-,21?/m1/s1. The number of carbonyl (C=O) groups excluding carboxylic acids is 1. The number of ketones is 1. The number of nitrogens with zero attached hydrogens (tertiary/aromatic N) is 2. The third-order valence-electron chi connectivity index (χ3n) is 5.81. The number of anilines is 1. The number of hydrogen-bond donors (Lipinski definition) is 4. The third-order valence-corrected chi connectivity index (χ3v) is 7.17. The van der Waals surface area contributed by atoms with Crippen molar-refractivity contribution in [1.29, 1.82) is 0 Å². The molecule has 0 amide bonds. The number of rotatable bonds is 7. The number of carbonyl (C=O) groups is 1. The molecule has 0 saturated heterocycles. The Hall–Kier alpha value is -2.36. The molecule has 4 rings (SSSR count). The molecule has 7 nitrogen and oxygen atoms in total. The van der Waals surface area contributed by atoms with Crippen molar-refractivity contribution in [1.82, 2.24) is 9.97 Å². The summed E-state index contributed by atoms with van der Waals surface area (Å²) >= 11 is 7.17. The number of hydrogen-bond acceptors (Lipinski definition) is 8. The first kappa shape index (κ1) is 22.8. The largest absolute Gasteiger partial charge is 0.393 e. The minimum absolute atomic E-state index is 0.0120. The van der Waals surface area contributed by atoms with Gasteiger partial charge in [0.15, 0.2) is 0 Å². The fourth-order valence-electron chi connectivity index (χ4n) is 4.05. The molecule has 9 heteroatoms. The van der Waals surface area contributed by atoms with Crippen LogP contribution in [0.15, 0.2) is 42.9 Å². The molecular weight excluding hydrogens is 450 g/mol. The molecule has 0 aliphatic heterocycles. The lowest BCUT2D eigenvalue weighted by Crippen LogP contribution is -2.20. The number of aliphatic hydroxyl groups excluding tert-OH is 3. The number of nitrogens with one attached hydrogen (secondary N) is 1. The number of halogens is 1. The average molecular weight is 474 g/mol. The van der Waals surface area contributed by atoms with Crippen molar-refractivity contribution < 1.29 is 20.1 Å². The summed E-state index contributed by atoms with van der Waals surface area (Å²) in [6.45, 7) is 1.69. The van der Waals surface area contributed by atoms with Gasteiger partial charge in [-0.2, -0.15) is 0 Å². The highest BCUT2D eigenvalue weighted by Crippen LogP contribution is 2.35. The Bertz CT molecular complexity index is 1110. The highest BCUT2D eigenvalue weighted by Gasteiger charge is 2.31. The first-order chi connectivity index (χ1) is 15.4. The smallest absolute Gasteiger partial charge is 0.208 e. The molecule has 2 heterocycles. The summed E-state index contributed by atoms with van der Waals surface area (Å²) in [5, 5.41) is 34.5. The molecule has 1 aromatic carbocycles. The molecule has 168 valence electrons. The Morgan fingerprint density at radius 2 is 2.16 bits per heavy atom. The second-order valence-electron chi connectivity index (χ2n) is 8.08. The molecule has 2 aromatic heterocycles. The zero-order valence-electron chi connectivity index (χ0n) is 17.4. The van der Waals surface area contributed by atoms with Gasteiger partial charge in [0.05, 0.1) is 23.2 Å². The molecule has 1 unspecified atom stereocenters. The van der Waals surface area contributed by atoms with Gasteiger partial charge >= 0.3 is 0 Å². The van der Waals surface area contributed by atoms with Crippen molar-refractivity contribution in [3.8, 4) is 0 Å². The lowest BCUT2D eigenvalue weighted by molar-refractivity contribution is 0.104. The van der Waals surface area contributed by atoms with Crippen molar-refractivity contribution in [2.75, 3.05) is 5.32 Å². The normalized spacial score (nSPS) is 21.5. The predicted octanol–water partition coefficient (Wildman–Crippen LogP) is 3.57. The SMILES string of the molecule is C[C@@H]1C[C@@H](Nc2ncncc2C(=O)c2cc(C(O)c3cccc(Cl)c3)c(CO)s2)C[C@H]1O. The molecular formula is C23H24ClN3O4S. The van der Waals surface area contributed by atoms with Gasteiger partial charge in [0, 0.05) is 27.7 Å². The van der Waals surface area contributed by atoms with Crippen molar-refractivity contribution in [2.45, 2.75) is 44.6 Å². The molecule has 1 saturated carbocycles. The zero-order chi connectivity index (χ0) is 22.8. The van der Waals surface area contributed by atoms with Crippen LogP contribution in [0.25, 0.3) is 0 Å². The summed E-state index contributed by atoms with van der Waals surface area (Å²) in [6, 6.07) is 8.44. The molecule has 1 aliphatic carbocycles. The van der Waals surface area contributed by atoms with Crippen LogP contribution in [0.4, 0.5) is 5.82 Å². The average Bonchev–Trinajstić information content (AvgIpc) is 3.36. The summed E-state index contributed by atoms with van der Waals surface area (Å²) in [5.74, 6) is 0.282. The van der Waals surface area contributed by atoms with E-state index in [1.54, 1.807) is 30.3 Å². The number of benzene rings is 1. The minimum Gasteiger partial charge on any atom is -0.393 e. The summed E-state index contributed by atoms with van der Waals surface area (Å²) in [5.41, 5.74) is 1.33. The molecule has 0 radical (unpaired) electrons. The van der Waals surface area contributed by atoms with Crippen molar-refractivity contribution in [3.05, 3.63) is 74.3 Å². The van der Waals surface area contributed by atoms with E-state index < -0.39 is 6.10 Å². The van der Waals surface area contributed by atoms with Gasteiger partial charge in [-0.3, -0.25) is 4.79 Å². The Balaban J connectivity index is 1.62. The Morgan fingerprint density at radius 1 is 1.34 bits per heavy atom. The van der Waals surface area contributed by atoms with E-state index in [4.69, 9.17) is 11.6 Å². The van der Waals surface area contributed by atoms with Gasteiger partial charge in [0.2, 0.25) is 5.78 Å². The number of aliphatic hydroxyl groups is 3. The lowest BCUT2D eigenvalue weighted by Gasteiger charge is -2.15. The van der Waals surface area contributed by atoms with Crippen molar-refractivity contribution >= 4 is 34.5 Å². The molecule has 4 N–H and O–H groups in total. The molecule has 0 spiro atoms. The Morgan fingerprint density at radius 3 is 2.84 bits per heavy atom. The Kier molecular flexibility index (Phi) is 6.88. The van der Waals surface area contributed by atoms with Crippen LogP contribution in [-0.2, 0) is 6.61 Å². The first-order valence-electron chi connectivity index (χ1n) is 10.3. The van der Waals surface area contributed by atoms with Crippen LogP contribution < -0.4 is 5.32 Å². The van der Waals surface area contributed by atoms with Gasteiger partial charge in [0.1, 0.15) is 18.2 Å². The van der Waals surface area contributed by atoms with Gasteiger partial charge in [-0.15, -0.1) is 11.3 Å².